The van der Waals surface area contributed by atoms with Crippen molar-refractivity contribution in [3.05, 3.63) is 260 Å². The molecule has 15 rings (SSSR count). The molecule has 0 saturated heterocycles. The SMILES string of the molecule is C=C1C=Cc2cc(C(C)(C)C)cc3c2CC(=CC=C1N(c1ccc(-c2ccc4c5ccc6c7c(ccc(c8cccc2c84)c75)C(=O)N(c2c(C(C)C)cccc2C(C)C)C6=O)c([N+](=O)[O-])c1)c1ccc2ccc4cc(C(C)(C)C)cc5ccc1c2c45)C=C3. The van der Waals surface area contributed by atoms with Gasteiger partial charge in [0, 0.05) is 28.0 Å². The normalized spacial score (nSPS) is 14.6. The van der Waals surface area contributed by atoms with Gasteiger partial charge in [0.15, 0.2) is 0 Å². The number of para-hydroxylation sites is 1. The summed E-state index contributed by atoms with van der Waals surface area (Å²) in [4.78, 5) is 47.4. The number of nitrogens with zero attached hydrogens (tertiary/aromatic N) is 3. The number of fused-ring (bicyclic) bond motifs is 3. The highest BCUT2D eigenvalue weighted by Gasteiger charge is 2.38. The van der Waals surface area contributed by atoms with Crippen LogP contribution in [0.2, 0.25) is 0 Å². The monoisotopic (exact) mass is 1150 g/mol. The van der Waals surface area contributed by atoms with E-state index in [1.165, 1.54) is 43.3 Å². The minimum Gasteiger partial charge on any atom is -0.309 e. The van der Waals surface area contributed by atoms with Crippen LogP contribution in [0.3, 0.4) is 0 Å². The highest BCUT2D eigenvalue weighted by molar-refractivity contribution is 6.43. The summed E-state index contributed by atoms with van der Waals surface area (Å²) in [6.07, 6.45) is 13.8. The number of allylic oxidation sites excluding steroid dienone is 5. The lowest BCUT2D eigenvalue weighted by atomic mass is 9.80. The average molecular weight is 1150 g/mol. The van der Waals surface area contributed by atoms with Gasteiger partial charge in [0.05, 0.1) is 33.2 Å². The molecule has 7 heteroatoms. The number of carbonyl (C=O) groups is 2. The molecule has 0 unspecified atom stereocenters. The van der Waals surface area contributed by atoms with Gasteiger partial charge in [0.2, 0.25) is 0 Å². The molecular formula is C81H67N3O4. The molecule has 0 aromatic heterocycles. The number of benzene rings is 12. The molecular weight excluding hydrogens is 1080 g/mol. The van der Waals surface area contributed by atoms with Crippen molar-refractivity contribution < 1.29 is 14.5 Å². The van der Waals surface area contributed by atoms with Crippen LogP contribution in [0.4, 0.5) is 22.7 Å². The van der Waals surface area contributed by atoms with Gasteiger partial charge in [0.25, 0.3) is 17.5 Å². The van der Waals surface area contributed by atoms with Crippen LogP contribution in [-0.2, 0) is 17.3 Å². The van der Waals surface area contributed by atoms with Crippen LogP contribution in [0, 0.1) is 10.1 Å². The van der Waals surface area contributed by atoms with Crippen molar-refractivity contribution in [2.75, 3.05) is 9.80 Å². The van der Waals surface area contributed by atoms with Gasteiger partial charge in [-0.25, -0.2) is 4.90 Å². The van der Waals surface area contributed by atoms with Gasteiger partial charge in [-0.1, -0.05) is 221 Å². The number of nitro groups is 1. The Kier molecular flexibility index (Phi) is 12.1. The predicted molar refractivity (Wildman–Crippen MR) is 369 cm³/mol. The second-order valence-electron chi connectivity index (χ2n) is 27.2. The van der Waals surface area contributed by atoms with Crippen LogP contribution in [0.1, 0.15) is 141 Å². The van der Waals surface area contributed by atoms with E-state index < -0.39 is 0 Å². The molecule has 2 amide bonds. The molecule has 1 aliphatic heterocycles. The van der Waals surface area contributed by atoms with Crippen molar-refractivity contribution in [2.24, 2.45) is 0 Å². The minimum absolute atomic E-state index is 0.0436. The number of hydrogen-bond donors (Lipinski definition) is 0. The van der Waals surface area contributed by atoms with E-state index in [1.807, 2.05) is 72.8 Å². The number of hydrogen-bond acceptors (Lipinski definition) is 5. The second kappa shape index (κ2) is 19.5. The zero-order chi connectivity index (χ0) is 61.1. The summed E-state index contributed by atoms with van der Waals surface area (Å²) >= 11 is 0. The Balaban J connectivity index is 0.913. The molecule has 12 aromatic carbocycles. The number of anilines is 3. The molecule has 0 radical (unpaired) electrons. The van der Waals surface area contributed by atoms with Gasteiger partial charge in [-0.2, -0.15) is 0 Å². The summed E-state index contributed by atoms with van der Waals surface area (Å²) in [7, 11) is 0. The van der Waals surface area contributed by atoms with Crippen molar-refractivity contribution in [1.82, 2.24) is 0 Å². The van der Waals surface area contributed by atoms with Crippen LogP contribution in [0.25, 0.3) is 98.7 Å². The molecule has 0 spiro atoms. The first kappa shape index (κ1) is 54.7. The van der Waals surface area contributed by atoms with Gasteiger partial charge >= 0.3 is 0 Å². The van der Waals surface area contributed by atoms with Gasteiger partial charge in [0.1, 0.15) is 0 Å². The number of nitro benzene ring substituents is 1. The molecule has 3 aliphatic rings. The predicted octanol–water partition coefficient (Wildman–Crippen LogP) is 21.7. The van der Waals surface area contributed by atoms with E-state index in [9.17, 15) is 10.1 Å². The maximum absolute atomic E-state index is 15.0. The standard InChI is InChI=1S/C81H67N3O4/c1-44(2)56-14-12-15-57(45(3)4)77(56)83-78(85)66-34-32-63-61-17-13-16-60-58(30-31-62(74(60)61)64-33-35-67(79(83)86)76(66)75(63)64)59-29-27-55(43-71(59)84(87)88)82(69-36-20-47-19-22-50-40-53(80(6,7)8)39-49(68(50)38-47)21-18-46(69)5)70-37-26-48-23-24-51-41-54(81(9,10)11)42-52-25-28-65(70)73(48)72(51)52/h12-37,39-45H,5,38H2,1-4,6-11H3. The van der Waals surface area contributed by atoms with Gasteiger partial charge in [-0.3, -0.25) is 19.7 Å². The fourth-order valence-corrected chi connectivity index (χ4v) is 14.6. The summed E-state index contributed by atoms with van der Waals surface area (Å²) in [5.41, 5.74) is 14.9. The fraction of sp³-hybridized carbons (Fsp3) is 0.185. The Morgan fingerprint density at radius 1 is 0.511 bits per heavy atom. The third-order valence-electron chi connectivity index (χ3n) is 19.2. The summed E-state index contributed by atoms with van der Waals surface area (Å²) in [6, 6.07) is 52.2. The van der Waals surface area contributed by atoms with Crippen molar-refractivity contribution in [1.29, 1.82) is 0 Å². The Bertz CT molecular complexity index is 5130. The molecule has 0 N–H and O–H groups in total. The molecule has 12 aromatic rings. The summed E-state index contributed by atoms with van der Waals surface area (Å²) in [5.74, 6) is -0.522. The summed E-state index contributed by atoms with van der Waals surface area (Å²) in [6.45, 7) is 26.7. The Morgan fingerprint density at radius 2 is 1.05 bits per heavy atom. The molecule has 1 heterocycles. The summed E-state index contributed by atoms with van der Waals surface area (Å²) < 4.78 is 0. The van der Waals surface area contributed by atoms with E-state index in [4.69, 9.17) is 6.58 Å². The van der Waals surface area contributed by atoms with Gasteiger partial charge < -0.3 is 4.90 Å². The first-order chi connectivity index (χ1) is 42.1. The Labute approximate surface area is 512 Å². The highest BCUT2D eigenvalue weighted by atomic mass is 16.6. The number of rotatable bonds is 8. The first-order valence-corrected chi connectivity index (χ1v) is 30.8. The Morgan fingerprint density at radius 3 is 1.68 bits per heavy atom. The van der Waals surface area contributed by atoms with Crippen molar-refractivity contribution >= 4 is 122 Å². The smallest absolute Gasteiger partial charge is 0.279 e. The van der Waals surface area contributed by atoms with Crippen LogP contribution >= 0.6 is 0 Å². The van der Waals surface area contributed by atoms with E-state index in [2.05, 4.69) is 183 Å². The Hall–Kier alpha value is -9.98. The lowest BCUT2D eigenvalue weighted by molar-refractivity contribution is -0.384. The molecule has 7 nitrogen and oxygen atoms in total. The van der Waals surface area contributed by atoms with Crippen LogP contribution in [-0.4, -0.2) is 16.7 Å². The van der Waals surface area contributed by atoms with Crippen molar-refractivity contribution in [3.63, 3.8) is 0 Å². The topological polar surface area (TPSA) is 83.8 Å². The third kappa shape index (κ3) is 8.23. The van der Waals surface area contributed by atoms with Gasteiger partial charge in [-0.05, 0) is 186 Å². The van der Waals surface area contributed by atoms with Crippen LogP contribution in [0.15, 0.2) is 199 Å². The highest BCUT2D eigenvalue weighted by Crippen LogP contribution is 2.51. The molecule has 430 valence electrons. The molecule has 2 aliphatic carbocycles. The maximum atomic E-state index is 15.0. The first-order valence-electron chi connectivity index (χ1n) is 30.8. The molecule has 0 fully saturated rings. The largest absolute Gasteiger partial charge is 0.309 e. The fourth-order valence-electron chi connectivity index (χ4n) is 14.6. The van der Waals surface area contributed by atoms with E-state index >= 15 is 9.59 Å². The third-order valence-corrected chi connectivity index (χ3v) is 19.2. The van der Waals surface area contributed by atoms with E-state index in [0.29, 0.717) is 39.0 Å². The maximum Gasteiger partial charge on any atom is 0.279 e. The zero-order valence-electron chi connectivity index (χ0n) is 51.4. The molecule has 0 atom stereocenters. The quantitative estimate of drug-likeness (QED) is 0.0498. The van der Waals surface area contributed by atoms with Crippen molar-refractivity contribution in [3.8, 4) is 11.1 Å². The second-order valence-corrected chi connectivity index (χ2v) is 27.2. The van der Waals surface area contributed by atoms with Gasteiger partial charge in [-0.15, -0.1) is 0 Å². The minimum atomic E-state index is -0.335. The average Bonchev–Trinajstić information content (AvgIpc) is 0.707. The number of carbonyl (C=O) groups excluding carboxylic acids is 2. The number of imide groups is 1. The van der Waals surface area contributed by atoms with E-state index in [1.54, 1.807) is 6.07 Å². The number of amides is 2. The van der Waals surface area contributed by atoms with E-state index in [0.717, 1.165) is 99.5 Å². The summed E-state index contributed by atoms with van der Waals surface area (Å²) in [5, 5.41) is 27.8. The van der Waals surface area contributed by atoms with Crippen LogP contribution < -0.4 is 9.80 Å². The van der Waals surface area contributed by atoms with E-state index in [-0.39, 0.29) is 45.1 Å². The zero-order valence-corrected chi connectivity index (χ0v) is 51.4. The van der Waals surface area contributed by atoms with Crippen molar-refractivity contribution in [2.45, 2.75) is 98.3 Å². The molecule has 0 saturated carbocycles. The van der Waals surface area contributed by atoms with Crippen LogP contribution in [0.5, 0.6) is 0 Å². The lowest BCUT2D eigenvalue weighted by Gasteiger charge is -2.32. The lowest BCUT2D eigenvalue weighted by Crippen LogP contribution is -2.41. The molecule has 2 bridgehead atoms. The molecule has 88 heavy (non-hydrogen) atoms.